The number of hydrogen-bond acceptors (Lipinski definition) is 5. The molecule has 5 nitrogen and oxygen atoms in total. The summed E-state index contributed by atoms with van der Waals surface area (Å²) in [5, 5.41) is 3.34. The van der Waals surface area contributed by atoms with Gasteiger partial charge in [-0.25, -0.2) is 9.97 Å². The molecule has 1 fully saturated rings. The van der Waals surface area contributed by atoms with E-state index in [4.69, 9.17) is 4.98 Å². The van der Waals surface area contributed by atoms with Crippen LogP contribution in [0, 0.1) is 0 Å². The summed E-state index contributed by atoms with van der Waals surface area (Å²) in [7, 11) is 2.19. The largest absolute Gasteiger partial charge is 0.370 e. The first-order valence-electron chi connectivity index (χ1n) is 7.97. The Bertz CT molecular complexity index is 466. The van der Waals surface area contributed by atoms with Crippen molar-refractivity contribution in [1.29, 1.82) is 0 Å². The molecule has 1 aliphatic rings. The summed E-state index contributed by atoms with van der Waals surface area (Å²) in [4.78, 5) is 14.3. The molecule has 1 aromatic rings. The van der Waals surface area contributed by atoms with E-state index < -0.39 is 0 Å². The maximum Gasteiger partial charge on any atom is 0.138 e. The van der Waals surface area contributed by atoms with E-state index in [1.165, 1.54) is 6.42 Å². The summed E-state index contributed by atoms with van der Waals surface area (Å²) in [6.45, 7) is 13.8. The molecule has 1 N–H and O–H groups in total. The topological polar surface area (TPSA) is 44.3 Å². The van der Waals surface area contributed by atoms with E-state index in [2.05, 4.69) is 60.9 Å². The minimum Gasteiger partial charge on any atom is -0.370 e. The first kappa shape index (κ1) is 16.0. The molecule has 0 aliphatic carbocycles. The highest BCUT2D eigenvalue weighted by Crippen LogP contribution is 2.24. The standard InChI is InChI=1S/C16H29N5/c1-6-17-13-12-14(19-15(18-13)16(2,3)4)21-9-7-8-20(5)10-11-21/h12H,6-11H2,1-5H3,(H,17,18,19). The molecule has 118 valence electrons. The molecule has 0 saturated carbocycles. The Morgan fingerprint density at radius 3 is 2.57 bits per heavy atom. The third kappa shape index (κ3) is 4.30. The second-order valence-corrected chi connectivity index (χ2v) is 6.86. The summed E-state index contributed by atoms with van der Waals surface area (Å²) >= 11 is 0. The van der Waals surface area contributed by atoms with Gasteiger partial charge in [-0.1, -0.05) is 20.8 Å². The van der Waals surface area contributed by atoms with Gasteiger partial charge in [0.2, 0.25) is 0 Å². The maximum absolute atomic E-state index is 4.83. The van der Waals surface area contributed by atoms with Crippen LogP contribution in [-0.2, 0) is 5.41 Å². The van der Waals surface area contributed by atoms with Crippen molar-refractivity contribution < 1.29 is 0 Å². The zero-order chi connectivity index (χ0) is 15.5. The van der Waals surface area contributed by atoms with Crippen LogP contribution in [0.25, 0.3) is 0 Å². The van der Waals surface area contributed by atoms with Crippen LogP contribution in [0.3, 0.4) is 0 Å². The zero-order valence-electron chi connectivity index (χ0n) is 14.1. The normalized spacial score (nSPS) is 17.7. The number of likely N-dealkylation sites (N-methyl/N-ethyl adjacent to an activating group) is 1. The van der Waals surface area contributed by atoms with E-state index in [-0.39, 0.29) is 5.41 Å². The van der Waals surface area contributed by atoms with E-state index in [0.717, 1.165) is 50.2 Å². The molecule has 1 saturated heterocycles. The number of nitrogens with zero attached hydrogens (tertiary/aromatic N) is 4. The van der Waals surface area contributed by atoms with Crippen LogP contribution in [0.1, 0.15) is 39.9 Å². The first-order valence-corrected chi connectivity index (χ1v) is 7.97. The lowest BCUT2D eigenvalue weighted by Crippen LogP contribution is -2.30. The average molecular weight is 291 g/mol. The molecule has 5 heteroatoms. The van der Waals surface area contributed by atoms with Gasteiger partial charge in [0.1, 0.15) is 17.5 Å². The second-order valence-electron chi connectivity index (χ2n) is 6.86. The van der Waals surface area contributed by atoms with Gasteiger partial charge in [-0.05, 0) is 26.9 Å². The van der Waals surface area contributed by atoms with Crippen LogP contribution < -0.4 is 10.2 Å². The van der Waals surface area contributed by atoms with Gasteiger partial charge in [0, 0.05) is 37.7 Å². The summed E-state index contributed by atoms with van der Waals surface area (Å²) in [5.74, 6) is 2.90. The summed E-state index contributed by atoms with van der Waals surface area (Å²) < 4.78 is 0. The molecule has 0 atom stereocenters. The molecule has 21 heavy (non-hydrogen) atoms. The molecule has 1 aromatic heterocycles. The fraction of sp³-hybridized carbons (Fsp3) is 0.750. The Morgan fingerprint density at radius 1 is 1.14 bits per heavy atom. The Labute approximate surface area is 128 Å². The van der Waals surface area contributed by atoms with Crippen LogP contribution in [0.15, 0.2) is 6.07 Å². The van der Waals surface area contributed by atoms with Crippen LogP contribution >= 0.6 is 0 Å². The van der Waals surface area contributed by atoms with E-state index in [1.807, 2.05) is 0 Å². The molecule has 0 spiro atoms. The van der Waals surface area contributed by atoms with Crippen molar-refractivity contribution in [2.45, 2.75) is 39.5 Å². The SMILES string of the molecule is CCNc1cc(N2CCCN(C)CC2)nc(C(C)(C)C)n1. The monoisotopic (exact) mass is 291 g/mol. The average Bonchev–Trinajstić information content (AvgIpc) is 2.63. The lowest BCUT2D eigenvalue weighted by Gasteiger charge is -2.25. The Hall–Kier alpha value is -1.36. The van der Waals surface area contributed by atoms with Crippen molar-refractivity contribution in [3.8, 4) is 0 Å². The van der Waals surface area contributed by atoms with Crippen LogP contribution in [0.2, 0.25) is 0 Å². The molecule has 0 amide bonds. The number of rotatable bonds is 3. The highest BCUT2D eigenvalue weighted by Gasteiger charge is 2.21. The van der Waals surface area contributed by atoms with Gasteiger partial charge in [0.15, 0.2) is 0 Å². The Morgan fingerprint density at radius 2 is 1.90 bits per heavy atom. The van der Waals surface area contributed by atoms with Gasteiger partial charge in [-0.15, -0.1) is 0 Å². The van der Waals surface area contributed by atoms with Crippen molar-refractivity contribution in [2.24, 2.45) is 0 Å². The Kier molecular flexibility index (Phi) is 5.04. The molecule has 0 unspecified atom stereocenters. The molecule has 2 heterocycles. The van der Waals surface area contributed by atoms with Gasteiger partial charge in [-0.3, -0.25) is 0 Å². The maximum atomic E-state index is 4.83. The van der Waals surface area contributed by atoms with Crippen LogP contribution in [-0.4, -0.2) is 54.6 Å². The predicted octanol–water partition coefficient (Wildman–Crippen LogP) is 2.35. The first-order chi connectivity index (χ1) is 9.90. The van der Waals surface area contributed by atoms with Crippen molar-refractivity contribution >= 4 is 11.6 Å². The van der Waals surface area contributed by atoms with Crippen molar-refractivity contribution in [3.05, 3.63) is 11.9 Å². The molecular formula is C16H29N5. The smallest absolute Gasteiger partial charge is 0.138 e. The van der Waals surface area contributed by atoms with Gasteiger partial charge in [-0.2, -0.15) is 0 Å². The third-order valence-electron chi connectivity index (χ3n) is 3.78. The molecule has 0 aromatic carbocycles. The highest BCUT2D eigenvalue weighted by molar-refractivity contribution is 5.50. The van der Waals surface area contributed by atoms with Gasteiger partial charge in [0.25, 0.3) is 0 Å². The minimum atomic E-state index is -0.0389. The fourth-order valence-electron chi connectivity index (χ4n) is 2.48. The Balaban J connectivity index is 2.30. The van der Waals surface area contributed by atoms with Crippen LogP contribution in [0.4, 0.5) is 11.6 Å². The molecule has 1 aliphatic heterocycles. The number of nitrogens with one attached hydrogen (secondary N) is 1. The number of anilines is 2. The van der Waals surface area contributed by atoms with E-state index >= 15 is 0 Å². The van der Waals surface area contributed by atoms with Crippen LogP contribution in [0.5, 0.6) is 0 Å². The number of aromatic nitrogens is 2. The van der Waals surface area contributed by atoms with E-state index in [1.54, 1.807) is 0 Å². The lowest BCUT2D eigenvalue weighted by molar-refractivity contribution is 0.360. The molecule has 0 radical (unpaired) electrons. The van der Waals surface area contributed by atoms with Crippen molar-refractivity contribution in [2.75, 3.05) is 50.0 Å². The summed E-state index contributed by atoms with van der Waals surface area (Å²) in [5.41, 5.74) is -0.0389. The van der Waals surface area contributed by atoms with E-state index in [0.29, 0.717) is 0 Å². The highest BCUT2D eigenvalue weighted by atomic mass is 15.2. The molecule has 0 bridgehead atoms. The fourth-order valence-corrected chi connectivity index (χ4v) is 2.48. The quantitative estimate of drug-likeness (QED) is 0.926. The lowest BCUT2D eigenvalue weighted by atomic mass is 9.96. The van der Waals surface area contributed by atoms with Gasteiger partial charge < -0.3 is 15.1 Å². The van der Waals surface area contributed by atoms with Crippen molar-refractivity contribution in [3.63, 3.8) is 0 Å². The van der Waals surface area contributed by atoms with Gasteiger partial charge in [0.05, 0.1) is 0 Å². The number of hydrogen-bond donors (Lipinski definition) is 1. The predicted molar refractivity (Wildman–Crippen MR) is 89.2 cm³/mol. The van der Waals surface area contributed by atoms with E-state index in [9.17, 15) is 0 Å². The minimum absolute atomic E-state index is 0.0389. The van der Waals surface area contributed by atoms with Gasteiger partial charge >= 0.3 is 0 Å². The third-order valence-corrected chi connectivity index (χ3v) is 3.78. The zero-order valence-corrected chi connectivity index (χ0v) is 14.1. The second kappa shape index (κ2) is 6.60. The van der Waals surface area contributed by atoms with Crippen molar-refractivity contribution in [1.82, 2.24) is 14.9 Å². The molecular weight excluding hydrogens is 262 g/mol. The molecule has 2 rings (SSSR count). The summed E-state index contributed by atoms with van der Waals surface area (Å²) in [6, 6.07) is 2.09. The summed E-state index contributed by atoms with van der Waals surface area (Å²) in [6.07, 6.45) is 1.18.